The second-order valence-electron chi connectivity index (χ2n) is 4.07. The van der Waals surface area contributed by atoms with Gasteiger partial charge < -0.3 is 9.84 Å². The van der Waals surface area contributed by atoms with Crippen LogP contribution in [0.2, 0.25) is 0 Å². The summed E-state index contributed by atoms with van der Waals surface area (Å²) in [6.45, 7) is 5.89. The zero-order chi connectivity index (χ0) is 14.8. The van der Waals surface area contributed by atoms with Gasteiger partial charge in [-0.2, -0.15) is 0 Å². The molecule has 0 radical (unpaired) electrons. The van der Waals surface area contributed by atoms with Crippen LogP contribution in [0, 0.1) is 0 Å². The summed E-state index contributed by atoms with van der Waals surface area (Å²) in [4.78, 5) is 4.00. The van der Waals surface area contributed by atoms with Crippen molar-refractivity contribution >= 4 is 0 Å². The highest BCUT2D eigenvalue weighted by atomic mass is 16.6. The van der Waals surface area contributed by atoms with Crippen molar-refractivity contribution in [1.29, 1.82) is 0 Å². The monoisotopic (exact) mass is 273 g/mol. The van der Waals surface area contributed by atoms with Crippen molar-refractivity contribution in [2.45, 2.75) is 39.6 Å². The fraction of sp³-hybridized carbons (Fsp3) is 0.353. The van der Waals surface area contributed by atoms with E-state index in [2.05, 4.69) is 4.98 Å². The van der Waals surface area contributed by atoms with Crippen molar-refractivity contribution < 1.29 is 9.84 Å². The Balaban J connectivity index is 0.000000956. The van der Waals surface area contributed by atoms with Gasteiger partial charge in [-0.25, -0.2) is 0 Å². The molecule has 1 N–H and O–H groups in total. The maximum Gasteiger partial charge on any atom is 0.155 e. The largest absolute Gasteiger partial charge is 0.368 e. The molecule has 0 fully saturated rings. The van der Waals surface area contributed by atoms with Crippen LogP contribution < -0.4 is 0 Å². The smallest absolute Gasteiger partial charge is 0.155 e. The summed E-state index contributed by atoms with van der Waals surface area (Å²) in [6.07, 6.45) is 3.00. The van der Waals surface area contributed by atoms with Crippen LogP contribution in [0.15, 0.2) is 54.9 Å². The number of ether oxygens (including phenoxy) is 1. The molecule has 2 atom stereocenters. The Labute approximate surface area is 121 Å². The summed E-state index contributed by atoms with van der Waals surface area (Å²) in [7, 11) is 0. The summed E-state index contributed by atoms with van der Waals surface area (Å²) in [6, 6.07) is 13.7. The van der Waals surface area contributed by atoms with E-state index in [9.17, 15) is 5.11 Å². The van der Waals surface area contributed by atoms with Crippen LogP contribution in [0.25, 0.3) is 0 Å². The highest BCUT2D eigenvalue weighted by Crippen LogP contribution is 2.26. The van der Waals surface area contributed by atoms with Gasteiger partial charge in [0, 0.05) is 12.4 Å². The minimum Gasteiger partial charge on any atom is -0.368 e. The van der Waals surface area contributed by atoms with Crippen LogP contribution in [0.3, 0.4) is 0 Å². The second kappa shape index (κ2) is 9.23. The topological polar surface area (TPSA) is 42.4 Å². The van der Waals surface area contributed by atoms with Gasteiger partial charge in [0.15, 0.2) is 6.29 Å². The number of aliphatic hydroxyl groups is 1. The highest BCUT2D eigenvalue weighted by Gasteiger charge is 2.17. The van der Waals surface area contributed by atoms with E-state index in [4.69, 9.17) is 4.74 Å². The highest BCUT2D eigenvalue weighted by molar-refractivity contribution is 5.28. The van der Waals surface area contributed by atoms with Crippen molar-refractivity contribution in [3.63, 3.8) is 0 Å². The van der Waals surface area contributed by atoms with Gasteiger partial charge in [0.2, 0.25) is 0 Å². The van der Waals surface area contributed by atoms with E-state index in [0.29, 0.717) is 6.42 Å². The Morgan fingerprint density at radius 2 is 1.55 bits per heavy atom. The molecule has 0 saturated carbocycles. The van der Waals surface area contributed by atoms with Crippen molar-refractivity contribution in [1.82, 2.24) is 4.98 Å². The first-order chi connectivity index (χ1) is 9.81. The van der Waals surface area contributed by atoms with Crippen molar-refractivity contribution in [3.05, 3.63) is 66.0 Å². The molecule has 20 heavy (non-hydrogen) atoms. The van der Waals surface area contributed by atoms with Gasteiger partial charge in [-0.3, -0.25) is 4.98 Å². The molecular weight excluding hydrogens is 250 g/mol. The van der Waals surface area contributed by atoms with Gasteiger partial charge in [0.1, 0.15) is 6.10 Å². The number of pyridine rings is 1. The van der Waals surface area contributed by atoms with Crippen LogP contribution in [0.5, 0.6) is 0 Å². The molecule has 2 rings (SSSR count). The number of nitrogens with zero attached hydrogens (tertiary/aromatic N) is 1. The Morgan fingerprint density at radius 3 is 2.10 bits per heavy atom. The number of hydrogen-bond donors (Lipinski definition) is 1. The van der Waals surface area contributed by atoms with Crippen LogP contribution >= 0.6 is 0 Å². The van der Waals surface area contributed by atoms with E-state index in [1.807, 2.05) is 63.2 Å². The first-order valence-electron chi connectivity index (χ1n) is 7.09. The average Bonchev–Trinajstić information content (AvgIpc) is 2.56. The number of aliphatic hydroxyl groups excluding tert-OH is 1. The summed E-state index contributed by atoms with van der Waals surface area (Å²) in [5.41, 5.74) is 2.01. The standard InChI is InChI=1S/C15H17NO2.C2H6/c1-2-14(17)18-15(12-6-4-3-5-7-12)13-8-10-16-11-9-13;1-2/h3-11,14-15,17H,2H2,1H3;1-2H3. The van der Waals surface area contributed by atoms with Gasteiger partial charge >= 0.3 is 0 Å². The third kappa shape index (κ3) is 4.76. The molecular formula is C17H23NO2. The first-order valence-corrected chi connectivity index (χ1v) is 7.09. The number of benzene rings is 1. The van der Waals surface area contributed by atoms with Crippen LogP contribution in [-0.4, -0.2) is 16.4 Å². The maximum absolute atomic E-state index is 9.71. The van der Waals surface area contributed by atoms with Crippen molar-refractivity contribution in [3.8, 4) is 0 Å². The minimum atomic E-state index is -0.761. The number of rotatable bonds is 5. The summed E-state index contributed by atoms with van der Waals surface area (Å²) < 4.78 is 5.70. The lowest BCUT2D eigenvalue weighted by molar-refractivity contribution is -0.126. The predicted molar refractivity (Wildman–Crippen MR) is 81.3 cm³/mol. The molecule has 0 aliphatic carbocycles. The lowest BCUT2D eigenvalue weighted by Gasteiger charge is -2.21. The third-order valence-electron chi connectivity index (χ3n) is 2.75. The zero-order valence-electron chi connectivity index (χ0n) is 12.4. The lowest BCUT2D eigenvalue weighted by atomic mass is 10.0. The predicted octanol–water partition coefficient (Wildman–Crippen LogP) is 3.94. The van der Waals surface area contributed by atoms with Gasteiger partial charge in [-0.1, -0.05) is 51.1 Å². The molecule has 0 spiro atoms. The Morgan fingerprint density at radius 1 is 1.00 bits per heavy atom. The molecule has 2 unspecified atom stereocenters. The Kier molecular flexibility index (Phi) is 7.55. The normalized spacial score (nSPS) is 13.0. The van der Waals surface area contributed by atoms with E-state index in [1.54, 1.807) is 12.4 Å². The van der Waals surface area contributed by atoms with Crippen LogP contribution in [0.1, 0.15) is 44.4 Å². The maximum atomic E-state index is 9.71. The molecule has 3 nitrogen and oxygen atoms in total. The SMILES string of the molecule is CC.CCC(O)OC(c1ccccc1)c1ccncc1. The average molecular weight is 273 g/mol. The van der Waals surface area contributed by atoms with Crippen LogP contribution in [0.4, 0.5) is 0 Å². The molecule has 1 aromatic carbocycles. The summed E-state index contributed by atoms with van der Waals surface area (Å²) in [5.74, 6) is 0. The Hall–Kier alpha value is -1.71. The summed E-state index contributed by atoms with van der Waals surface area (Å²) >= 11 is 0. The zero-order valence-corrected chi connectivity index (χ0v) is 12.4. The van der Waals surface area contributed by atoms with E-state index in [0.717, 1.165) is 11.1 Å². The molecule has 0 amide bonds. The first kappa shape index (κ1) is 16.3. The molecule has 0 bridgehead atoms. The van der Waals surface area contributed by atoms with E-state index < -0.39 is 6.29 Å². The second-order valence-corrected chi connectivity index (χ2v) is 4.07. The van der Waals surface area contributed by atoms with Crippen molar-refractivity contribution in [2.24, 2.45) is 0 Å². The number of aromatic nitrogens is 1. The molecule has 0 aliphatic heterocycles. The lowest BCUT2D eigenvalue weighted by Crippen LogP contribution is -2.16. The summed E-state index contributed by atoms with van der Waals surface area (Å²) in [5, 5.41) is 9.71. The van der Waals surface area contributed by atoms with Gasteiger partial charge in [0.25, 0.3) is 0 Å². The van der Waals surface area contributed by atoms with Gasteiger partial charge in [-0.05, 0) is 29.7 Å². The molecule has 1 heterocycles. The van der Waals surface area contributed by atoms with Gasteiger partial charge in [-0.15, -0.1) is 0 Å². The van der Waals surface area contributed by atoms with E-state index in [-0.39, 0.29) is 6.10 Å². The Bertz CT molecular complexity index is 419. The van der Waals surface area contributed by atoms with Crippen molar-refractivity contribution in [2.75, 3.05) is 0 Å². The third-order valence-corrected chi connectivity index (χ3v) is 2.75. The molecule has 108 valence electrons. The molecule has 0 aliphatic rings. The van der Waals surface area contributed by atoms with E-state index >= 15 is 0 Å². The van der Waals surface area contributed by atoms with E-state index in [1.165, 1.54) is 0 Å². The fourth-order valence-electron chi connectivity index (χ4n) is 1.77. The number of hydrogen-bond acceptors (Lipinski definition) is 3. The quantitative estimate of drug-likeness (QED) is 0.839. The van der Waals surface area contributed by atoms with Crippen LogP contribution in [-0.2, 0) is 4.74 Å². The van der Waals surface area contributed by atoms with Gasteiger partial charge in [0.05, 0.1) is 0 Å². The molecule has 3 heteroatoms. The molecule has 2 aromatic rings. The fourth-order valence-corrected chi connectivity index (χ4v) is 1.77. The molecule has 0 saturated heterocycles. The minimum absolute atomic E-state index is 0.260. The molecule has 1 aromatic heterocycles.